The minimum atomic E-state index is -4.92. The molecule has 2 rings (SSSR count). The van der Waals surface area contributed by atoms with E-state index >= 15 is 0 Å². The first-order chi connectivity index (χ1) is 11.5. The van der Waals surface area contributed by atoms with Gasteiger partial charge in [-0.2, -0.15) is 17.5 Å². The second-order valence-corrected chi connectivity index (χ2v) is 8.49. The molecule has 5 nitrogen and oxygen atoms in total. The van der Waals surface area contributed by atoms with E-state index in [4.69, 9.17) is 11.6 Å². The number of amides is 1. The molecule has 1 N–H and O–H groups in total. The van der Waals surface area contributed by atoms with Crippen molar-refractivity contribution in [2.24, 2.45) is 5.92 Å². The van der Waals surface area contributed by atoms with Crippen molar-refractivity contribution in [3.8, 4) is 0 Å². The van der Waals surface area contributed by atoms with Crippen molar-refractivity contribution in [2.75, 3.05) is 19.6 Å². The van der Waals surface area contributed by atoms with Crippen LogP contribution in [-0.4, -0.2) is 44.4 Å². The number of sulfonamides is 1. The Morgan fingerprint density at radius 1 is 1.32 bits per heavy atom. The fourth-order valence-electron chi connectivity index (χ4n) is 2.54. The van der Waals surface area contributed by atoms with Gasteiger partial charge in [0.15, 0.2) is 0 Å². The largest absolute Gasteiger partial charge is 0.471 e. The predicted octanol–water partition coefficient (Wildman–Crippen LogP) is 2.71. The first-order valence-electron chi connectivity index (χ1n) is 7.35. The highest BCUT2D eigenvalue weighted by Crippen LogP contribution is 2.29. The van der Waals surface area contributed by atoms with Crippen molar-refractivity contribution < 1.29 is 26.4 Å². The number of rotatable bonds is 4. The van der Waals surface area contributed by atoms with Gasteiger partial charge in [-0.05, 0) is 37.0 Å². The third-order valence-corrected chi connectivity index (χ3v) is 6.63. The van der Waals surface area contributed by atoms with Gasteiger partial charge in [0.1, 0.15) is 0 Å². The Morgan fingerprint density at radius 2 is 1.92 bits per heavy atom. The van der Waals surface area contributed by atoms with Gasteiger partial charge >= 0.3 is 12.1 Å². The smallest absolute Gasteiger partial charge is 0.348 e. The van der Waals surface area contributed by atoms with E-state index in [-0.39, 0.29) is 35.3 Å². The van der Waals surface area contributed by atoms with Crippen molar-refractivity contribution in [1.29, 1.82) is 0 Å². The van der Waals surface area contributed by atoms with E-state index in [0.29, 0.717) is 17.9 Å². The van der Waals surface area contributed by atoms with Crippen molar-refractivity contribution >= 4 is 40.2 Å². The van der Waals surface area contributed by atoms with Gasteiger partial charge in [-0.3, -0.25) is 4.79 Å². The molecule has 1 amide bonds. The Bertz CT molecular complexity index is 748. The molecule has 0 spiro atoms. The van der Waals surface area contributed by atoms with Gasteiger partial charge in [-0.15, -0.1) is 12.6 Å². The normalized spacial score (nSPS) is 17.5. The molecular weight excluding hydrogens is 401 g/mol. The summed E-state index contributed by atoms with van der Waals surface area (Å²) in [5, 5.41) is 2.20. The third kappa shape index (κ3) is 5.02. The van der Waals surface area contributed by atoms with E-state index in [0.717, 1.165) is 0 Å². The topological polar surface area (TPSA) is 66.5 Å². The fourth-order valence-corrected chi connectivity index (χ4v) is 4.88. The molecule has 0 bridgehead atoms. The number of benzene rings is 1. The van der Waals surface area contributed by atoms with Crippen LogP contribution in [0.3, 0.4) is 0 Å². The highest BCUT2D eigenvalue weighted by atomic mass is 35.5. The number of thiol groups is 1. The van der Waals surface area contributed by atoms with E-state index in [1.54, 1.807) is 0 Å². The summed E-state index contributed by atoms with van der Waals surface area (Å²) in [4.78, 5) is 11.1. The van der Waals surface area contributed by atoms with Crippen LogP contribution < -0.4 is 5.32 Å². The molecule has 140 valence electrons. The van der Waals surface area contributed by atoms with Crippen LogP contribution in [0.25, 0.3) is 0 Å². The maximum Gasteiger partial charge on any atom is 0.471 e. The van der Waals surface area contributed by atoms with Crippen LogP contribution in [0.15, 0.2) is 28.0 Å². The Kier molecular flexibility index (Phi) is 6.29. The Hall–Kier alpha value is -0.970. The highest BCUT2D eigenvalue weighted by Gasteiger charge is 2.39. The average Bonchev–Trinajstić information content (AvgIpc) is 2.51. The van der Waals surface area contributed by atoms with Crippen LogP contribution in [0.1, 0.15) is 12.8 Å². The summed E-state index contributed by atoms with van der Waals surface area (Å²) in [6.07, 6.45) is -4.21. The summed E-state index contributed by atoms with van der Waals surface area (Å²) >= 11 is 9.93. The number of alkyl halides is 3. The Labute approximate surface area is 154 Å². The molecule has 0 saturated carbocycles. The summed E-state index contributed by atoms with van der Waals surface area (Å²) in [5.74, 6) is -2.19. The second kappa shape index (κ2) is 7.73. The van der Waals surface area contributed by atoms with E-state index in [1.807, 2.05) is 5.32 Å². The van der Waals surface area contributed by atoms with Gasteiger partial charge in [0.2, 0.25) is 10.0 Å². The molecule has 0 aromatic heterocycles. The molecule has 1 fully saturated rings. The lowest BCUT2D eigenvalue weighted by molar-refractivity contribution is -0.173. The molecule has 1 aromatic carbocycles. The summed E-state index contributed by atoms with van der Waals surface area (Å²) in [7, 11) is -3.76. The number of hydrogen-bond donors (Lipinski definition) is 2. The molecule has 1 saturated heterocycles. The zero-order valence-corrected chi connectivity index (χ0v) is 15.4. The molecular formula is C14H16ClF3N2O3S2. The number of carbonyl (C=O) groups excluding carboxylic acids is 1. The molecule has 0 unspecified atom stereocenters. The van der Waals surface area contributed by atoms with Gasteiger partial charge in [-0.25, -0.2) is 8.42 Å². The number of hydrogen-bond acceptors (Lipinski definition) is 4. The van der Waals surface area contributed by atoms with E-state index < -0.39 is 22.1 Å². The maximum atomic E-state index is 12.6. The lowest BCUT2D eigenvalue weighted by Crippen LogP contribution is -2.44. The summed E-state index contributed by atoms with van der Waals surface area (Å²) in [5.41, 5.74) is 0. The second-order valence-electron chi connectivity index (χ2n) is 5.67. The van der Waals surface area contributed by atoms with Crippen molar-refractivity contribution in [3.05, 3.63) is 23.2 Å². The minimum Gasteiger partial charge on any atom is -0.348 e. The first-order valence-corrected chi connectivity index (χ1v) is 9.62. The van der Waals surface area contributed by atoms with Crippen LogP contribution in [0.2, 0.25) is 5.02 Å². The van der Waals surface area contributed by atoms with Crippen LogP contribution in [0.5, 0.6) is 0 Å². The molecule has 1 aliphatic heterocycles. The number of nitrogens with one attached hydrogen (secondary N) is 1. The van der Waals surface area contributed by atoms with Crippen molar-refractivity contribution in [2.45, 2.75) is 28.8 Å². The fraction of sp³-hybridized carbons (Fsp3) is 0.500. The molecule has 25 heavy (non-hydrogen) atoms. The molecule has 1 aliphatic rings. The first kappa shape index (κ1) is 20.3. The van der Waals surface area contributed by atoms with Gasteiger partial charge in [0.05, 0.1) is 4.90 Å². The molecule has 0 aliphatic carbocycles. The van der Waals surface area contributed by atoms with Gasteiger partial charge < -0.3 is 5.32 Å². The van der Waals surface area contributed by atoms with E-state index in [2.05, 4.69) is 12.6 Å². The number of piperidine rings is 1. The number of nitrogens with zero attached hydrogens (tertiary/aromatic N) is 1. The summed E-state index contributed by atoms with van der Waals surface area (Å²) < 4.78 is 63.0. The van der Waals surface area contributed by atoms with Crippen LogP contribution in [0, 0.1) is 5.92 Å². The average molecular weight is 417 g/mol. The SMILES string of the molecule is O=C(NCC1CCN(S(=O)(=O)c2ccc(Cl)cc2S)CC1)C(F)(F)F. The Balaban J connectivity index is 1.96. The monoisotopic (exact) mass is 416 g/mol. The lowest BCUT2D eigenvalue weighted by atomic mass is 9.98. The molecule has 1 heterocycles. The van der Waals surface area contributed by atoms with Gasteiger partial charge in [0.25, 0.3) is 0 Å². The molecule has 1 aromatic rings. The van der Waals surface area contributed by atoms with E-state index in [9.17, 15) is 26.4 Å². The lowest BCUT2D eigenvalue weighted by Gasteiger charge is -2.31. The van der Waals surface area contributed by atoms with Crippen molar-refractivity contribution in [3.63, 3.8) is 0 Å². The standard InChI is InChI=1S/C14H16ClF3N2O3S2/c15-10-1-2-12(11(24)7-10)25(22,23)20-5-3-9(4-6-20)8-19-13(21)14(16,17)18/h1-2,7,9,24H,3-6,8H2,(H,19,21). The van der Waals surface area contributed by atoms with E-state index in [1.165, 1.54) is 22.5 Å². The van der Waals surface area contributed by atoms with Crippen LogP contribution in [-0.2, 0) is 14.8 Å². The Morgan fingerprint density at radius 3 is 2.44 bits per heavy atom. The zero-order chi connectivity index (χ0) is 18.8. The quantitative estimate of drug-likeness (QED) is 0.742. The molecule has 0 radical (unpaired) electrons. The third-order valence-electron chi connectivity index (χ3n) is 3.92. The maximum absolute atomic E-state index is 12.6. The number of halogens is 4. The predicted molar refractivity (Wildman–Crippen MR) is 89.3 cm³/mol. The van der Waals surface area contributed by atoms with Gasteiger partial charge in [-0.1, -0.05) is 11.6 Å². The summed E-state index contributed by atoms with van der Waals surface area (Å²) in [6, 6.07) is 4.25. The van der Waals surface area contributed by atoms with Gasteiger partial charge in [0, 0.05) is 29.6 Å². The zero-order valence-electron chi connectivity index (χ0n) is 12.9. The van der Waals surface area contributed by atoms with Crippen LogP contribution >= 0.6 is 24.2 Å². The highest BCUT2D eigenvalue weighted by molar-refractivity contribution is 7.90. The van der Waals surface area contributed by atoms with Crippen molar-refractivity contribution in [1.82, 2.24) is 9.62 Å². The molecule has 11 heteroatoms. The number of carbonyl (C=O) groups is 1. The molecule has 0 atom stereocenters. The minimum absolute atomic E-state index is 0.0315. The summed E-state index contributed by atoms with van der Waals surface area (Å²) in [6.45, 7) is 0.181. The van der Waals surface area contributed by atoms with Crippen LogP contribution in [0.4, 0.5) is 13.2 Å².